The molecule has 2 aromatic heterocycles. The van der Waals surface area contributed by atoms with Gasteiger partial charge in [0.2, 0.25) is 0 Å². The van der Waals surface area contributed by atoms with Crippen LogP contribution in [0.3, 0.4) is 0 Å². The minimum atomic E-state index is -4.90. The Labute approximate surface area is 291 Å². The molecule has 9 nitrogen and oxygen atoms in total. The Hall–Kier alpha value is -2.19. The molecule has 2 heterocycles. The SMILES string of the molecule is CC[Si](CC)(CC)OC(CN(CC1CCC(C)(O)CC1)C(=O)c1cnn(C2CCC(C(=O)O)CC2)c1C(F)(F)F)c1c(Cl)cncc1Cl. The van der Waals surface area contributed by atoms with Gasteiger partial charge in [-0.25, -0.2) is 0 Å². The number of carbonyl (C=O) groups is 2. The van der Waals surface area contributed by atoms with Crippen LogP contribution >= 0.6 is 23.2 Å². The van der Waals surface area contributed by atoms with Gasteiger partial charge in [0.05, 0.1) is 52.0 Å². The number of aliphatic hydroxyl groups is 1. The molecule has 2 fully saturated rings. The molecular formula is C33H47Cl2F3N4O5Si. The van der Waals surface area contributed by atoms with Gasteiger partial charge in [-0.15, -0.1) is 0 Å². The van der Waals surface area contributed by atoms with E-state index in [0.29, 0.717) is 31.2 Å². The van der Waals surface area contributed by atoms with Crippen LogP contribution in [0.5, 0.6) is 0 Å². The van der Waals surface area contributed by atoms with Crippen molar-refractivity contribution in [2.45, 2.75) is 121 Å². The summed E-state index contributed by atoms with van der Waals surface area (Å²) < 4.78 is 52.3. The number of carbonyl (C=O) groups excluding carboxylic acids is 1. The van der Waals surface area contributed by atoms with Gasteiger partial charge in [0.15, 0.2) is 14.0 Å². The summed E-state index contributed by atoms with van der Waals surface area (Å²) in [7, 11) is -2.38. The monoisotopic (exact) mass is 734 g/mol. The molecule has 0 bridgehead atoms. The Bertz CT molecular complexity index is 1390. The Morgan fingerprint density at radius 2 is 1.60 bits per heavy atom. The van der Waals surface area contributed by atoms with Crippen molar-refractivity contribution in [2.75, 3.05) is 13.1 Å². The van der Waals surface area contributed by atoms with E-state index in [0.717, 1.165) is 29.0 Å². The summed E-state index contributed by atoms with van der Waals surface area (Å²) in [5.41, 5.74) is -2.11. The molecule has 0 saturated heterocycles. The number of pyridine rings is 1. The third kappa shape index (κ3) is 8.93. The van der Waals surface area contributed by atoms with E-state index < -0.39 is 61.3 Å². The highest BCUT2D eigenvalue weighted by Gasteiger charge is 2.44. The third-order valence-electron chi connectivity index (χ3n) is 10.6. The van der Waals surface area contributed by atoms with E-state index in [4.69, 9.17) is 27.6 Å². The van der Waals surface area contributed by atoms with Crippen molar-refractivity contribution >= 4 is 43.4 Å². The quantitative estimate of drug-likeness (QED) is 0.198. The Morgan fingerprint density at radius 3 is 2.10 bits per heavy atom. The first-order chi connectivity index (χ1) is 22.5. The number of hydrogen-bond acceptors (Lipinski definition) is 6. The molecule has 4 rings (SSSR count). The van der Waals surface area contributed by atoms with Gasteiger partial charge in [-0.05, 0) is 82.3 Å². The minimum absolute atomic E-state index is 0.0700. The van der Waals surface area contributed by atoms with Crippen LogP contribution in [0.15, 0.2) is 18.6 Å². The predicted molar refractivity (Wildman–Crippen MR) is 180 cm³/mol. The van der Waals surface area contributed by atoms with Crippen molar-refractivity contribution in [3.63, 3.8) is 0 Å². The van der Waals surface area contributed by atoms with E-state index in [1.807, 2.05) is 0 Å². The lowest BCUT2D eigenvalue weighted by atomic mass is 9.79. The Morgan fingerprint density at radius 1 is 1.04 bits per heavy atom. The van der Waals surface area contributed by atoms with E-state index in [2.05, 4.69) is 30.9 Å². The molecule has 0 aliphatic heterocycles. The van der Waals surface area contributed by atoms with Gasteiger partial charge in [0, 0.05) is 24.5 Å². The lowest BCUT2D eigenvalue weighted by Gasteiger charge is -2.39. The molecule has 2 aliphatic rings. The summed E-state index contributed by atoms with van der Waals surface area (Å²) in [6.45, 7) is 7.96. The van der Waals surface area contributed by atoms with Crippen molar-refractivity contribution < 1.29 is 37.4 Å². The number of halogens is 5. The summed E-state index contributed by atoms with van der Waals surface area (Å²) in [6, 6.07) is 1.64. The summed E-state index contributed by atoms with van der Waals surface area (Å²) in [4.78, 5) is 31.4. The van der Waals surface area contributed by atoms with Gasteiger partial charge < -0.3 is 19.5 Å². The van der Waals surface area contributed by atoms with E-state index in [1.54, 1.807) is 6.92 Å². The van der Waals surface area contributed by atoms with Crippen LogP contribution in [0, 0.1) is 11.8 Å². The molecule has 0 radical (unpaired) electrons. The molecule has 2 aromatic rings. The molecule has 1 unspecified atom stereocenters. The highest BCUT2D eigenvalue weighted by atomic mass is 35.5. The van der Waals surface area contributed by atoms with Crippen molar-refractivity contribution in [3.8, 4) is 0 Å². The molecule has 268 valence electrons. The van der Waals surface area contributed by atoms with Crippen molar-refractivity contribution in [1.82, 2.24) is 19.7 Å². The normalized spacial score (nSPS) is 24.3. The Kier molecular flexibility index (Phi) is 12.7. The van der Waals surface area contributed by atoms with Crippen LogP contribution in [-0.2, 0) is 15.4 Å². The standard InChI is InChI=1S/C33H47Cl2F3N4O5Si/c1-5-48(6-2,7-3)47-27(28-25(34)17-39-18-26(28)35)20-41(19-21-12-14-32(4,46)15-13-21)30(43)24-16-40-42(29(24)33(36,37)38)23-10-8-22(9-11-23)31(44)45/h16-18,21-23,27,46H,5-15,19-20H2,1-4H3,(H,44,45). The fraction of sp³-hybridized carbons (Fsp3) is 0.697. The molecule has 1 amide bonds. The molecule has 2 aliphatic carbocycles. The molecule has 1 atom stereocenters. The molecule has 2 N–H and O–H groups in total. The first-order valence-electron chi connectivity index (χ1n) is 16.9. The number of amides is 1. The van der Waals surface area contributed by atoms with Gasteiger partial charge in [-0.3, -0.25) is 19.3 Å². The van der Waals surface area contributed by atoms with Crippen molar-refractivity contribution in [2.24, 2.45) is 11.8 Å². The van der Waals surface area contributed by atoms with Gasteiger partial charge in [-0.1, -0.05) is 44.0 Å². The topological polar surface area (TPSA) is 118 Å². The first-order valence-corrected chi connectivity index (χ1v) is 20.2. The number of aliphatic carboxylic acids is 1. The van der Waals surface area contributed by atoms with Crippen LogP contribution in [0.2, 0.25) is 28.2 Å². The Balaban J connectivity index is 1.77. The fourth-order valence-electron chi connectivity index (χ4n) is 7.27. The summed E-state index contributed by atoms with van der Waals surface area (Å²) >= 11 is 13.3. The van der Waals surface area contributed by atoms with Crippen LogP contribution in [0.1, 0.15) is 113 Å². The number of alkyl halides is 3. The maximum atomic E-state index is 14.8. The largest absolute Gasteiger partial charge is 0.481 e. The molecule has 0 spiro atoms. The molecule has 48 heavy (non-hydrogen) atoms. The van der Waals surface area contributed by atoms with Crippen LogP contribution in [-0.4, -0.2) is 68.8 Å². The van der Waals surface area contributed by atoms with Crippen molar-refractivity contribution in [3.05, 3.63) is 45.5 Å². The number of nitrogens with zero attached hydrogens (tertiary/aromatic N) is 4. The average molecular weight is 736 g/mol. The lowest BCUT2D eigenvalue weighted by Crippen LogP contribution is -2.45. The number of hydrogen-bond donors (Lipinski definition) is 2. The molecule has 15 heteroatoms. The highest BCUT2D eigenvalue weighted by Crippen LogP contribution is 2.41. The first kappa shape index (κ1) is 38.6. The van der Waals surface area contributed by atoms with Crippen LogP contribution in [0.25, 0.3) is 0 Å². The van der Waals surface area contributed by atoms with Crippen LogP contribution in [0.4, 0.5) is 13.2 Å². The average Bonchev–Trinajstić information content (AvgIpc) is 3.50. The maximum absolute atomic E-state index is 14.8. The van der Waals surface area contributed by atoms with Gasteiger partial charge in [0.1, 0.15) is 0 Å². The smallest absolute Gasteiger partial charge is 0.433 e. The molecule has 0 aromatic carbocycles. The third-order valence-corrected chi connectivity index (χ3v) is 15.8. The van der Waals surface area contributed by atoms with Gasteiger partial charge in [-0.2, -0.15) is 18.3 Å². The second kappa shape index (κ2) is 15.8. The number of aromatic nitrogens is 3. The second-order valence-corrected chi connectivity index (χ2v) is 19.2. The fourth-order valence-corrected chi connectivity index (χ4v) is 10.7. The van der Waals surface area contributed by atoms with Crippen LogP contribution < -0.4 is 0 Å². The zero-order chi connectivity index (χ0) is 35.4. The van der Waals surface area contributed by atoms with E-state index in [9.17, 15) is 33.0 Å². The zero-order valence-corrected chi connectivity index (χ0v) is 30.5. The molecule has 2 saturated carbocycles. The van der Waals surface area contributed by atoms with E-state index in [-0.39, 0.29) is 54.7 Å². The highest BCUT2D eigenvalue weighted by molar-refractivity contribution is 6.73. The lowest BCUT2D eigenvalue weighted by molar-refractivity contribution is -0.147. The number of rotatable bonds is 13. The van der Waals surface area contributed by atoms with Crippen molar-refractivity contribution in [1.29, 1.82) is 0 Å². The summed E-state index contributed by atoms with van der Waals surface area (Å²) in [6.07, 6.45) is 1.18. The van der Waals surface area contributed by atoms with Gasteiger partial charge in [0.25, 0.3) is 5.91 Å². The summed E-state index contributed by atoms with van der Waals surface area (Å²) in [5, 5.41) is 24.5. The van der Waals surface area contributed by atoms with Gasteiger partial charge >= 0.3 is 12.1 Å². The minimum Gasteiger partial charge on any atom is -0.481 e. The van der Waals surface area contributed by atoms with E-state index in [1.165, 1.54) is 17.3 Å². The zero-order valence-electron chi connectivity index (χ0n) is 28.0. The number of carboxylic acids is 1. The maximum Gasteiger partial charge on any atom is 0.433 e. The number of carboxylic acid groups (broad SMARTS) is 1. The summed E-state index contributed by atoms with van der Waals surface area (Å²) in [5.74, 6) is -2.49. The molecular weight excluding hydrogens is 688 g/mol. The predicted octanol–water partition coefficient (Wildman–Crippen LogP) is 8.57. The second-order valence-electron chi connectivity index (χ2n) is 13.7. The van der Waals surface area contributed by atoms with E-state index >= 15 is 0 Å².